The number of halogens is 1. The quantitative estimate of drug-likeness (QED) is 0.0948. The Hall–Kier alpha value is -0.900. The van der Waals surface area contributed by atoms with Crippen molar-refractivity contribution < 1.29 is 19.4 Å². The van der Waals surface area contributed by atoms with Crippen molar-refractivity contribution in [2.75, 3.05) is 0 Å². The number of rotatable bonds is 26. The number of alkyl halides is 1. The van der Waals surface area contributed by atoms with E-state index in [1.165, 1.54) is 64.2 Å². The number of aliphatic carboxylic acids is 1. The van der Waals surface area contributed by atoms with Crippen LogP contribution in [0.25, 0.3) is 0 Å². The minimum absolute atomic E-state index is 0.139. The van der Waals surface area contributed by atoms with Gasteiger partial charge in [-0.25, -0.2) is 9.18 Å². The van der Waals surface area contributed by atoms with E-state index in [0.29, 0.717) is 12.8 Å². The van der Waals surface area contributed by atoms with Gasteiger partial charge in [-0.15, -0.1) is 0 Å². The molecule has 0 aliphatic heterocycles. The van der Waals surface area contributed by atoms with Gasteiger partial charge in [-0.1, -0.05) is 122 Å². The highest BCUT2D eigenvalue weighted by Crippen LogP contribution is 2.28. The molecule has 0 spiro atoms. The molecule has 0 fully saturated rings. The highest BCUT2D eigenvalue weighted by molar-refractivity contribution is 5.77. The Morgan fingerprint density at radius 2 is 1.15 bits per heavy atom. The molecule has 0 aliphatic carbocycles. The van der Waals surface area contributed by atoms with E-state index in [1.54, 1.807) is 0 Å². The van der Waals surface area contributed by atoms with Gasteiger partial charge in [0.05, 0.1) is 6.10 Å². The van der Waals surface area contributed by atoms with Crippen LogP contribution in [0.3, 0.4) is 0 Å². The second-order valence-electron chi connectivity index (χ2n) is 10.4. The molecule has 34 heavy (non-hydrogen) atoms. The maximum absolute atomic E-state index is 14.9. The van der Waals surface area contributed by atoms with E-state index in [0.717, 1.165) is 57.8 Å². The maximum Gasteiger partial charge on any atom is 0.341 e. The van der Waals surface area contributed by atoms with Crippen molar-refractivity contribution in [2.45, 2.75) is 173 Å². The molecule has 0 aliphatic rings. The SMILES string of the molecule is CCCCCCCCCCCCC(F)(CCCCCC/C=C\CC(O)CCCCCC)C(=O)O. The molecule has 0 heterocycles. The van der Waals surface area contributed by atoms with E-state index < -0.39 is 11.6 Å². The predicted octanol–water partition coefficient (Wildman–Crippen LogP) is 9.71. The molecule has 4 heteroatoms. The van der Waals surface area contributed by atoms with Crippen LogP contribution >= 0.6 is 0 Å². The molecular weight excluding hydrogens is 427 g/mol. The Labute approximate surface area is 211 Å². The number of carbonyl (C=O) groups is 1. The summed E-state index contributed by atoms with van der Waals surface area (Å²) in [6.45, 7) is 4.42. The van der Waals surface area contributed by atoms with E-state index in [2.05, 4.69) is 26.0 Å². The first-order valence-electron chi connectivity index (χ1n) is 14.7. The van der Waals surface area contributed by atoms with Crippen molar-refractivity contribution in [1.82, 2.24) is 0 Å². The van der Waals surface area contributed by atoms with Gasteiger partial charge < -0.3 is 10.2 Å². The first-order chi connectivity index (χ1) is 16.5. The monoisotopic (exact) mass is 484 g/mol. The minimum Gasteiger partial charge on any atom is -0.479 e. The van der Waals surface area contributed by atoms with Crippen LogP contribution in [-0.2, 0) is 4.79 Å². The third-order valence-electron chi connectivity index (χ3n) is 6.97. The fourth-order valence-corrected chi connectivity index (χ4v) is 4.55. The van der Waals surface area contributed by atoms with Crippen molar-refractivity contribution >= 4 is 5.97 Å². The van der Waals surface area contributed by atoms with Crippen molar-refractivity contribution in [3.63, 3.8) is 0 Å². The third-order valence-corrected chi connectivity index (χ3v) is 6.97. The molecule has 2 atom stereocenters. The standard InChI is InChI=1S/C30H57FO3/c1-3-5-7-9-10-11-12-15-18-22-26-30(31,29(33)34)27-23-19-16-13-14-17-21-25-28(32)24-20-8-6-4-2/h17,21,28,32H,3-16,18-20,22-27H2,1-2H3,(H,33,34)/b21-17-. The second-order valence-corrected chi connectivity index (χ2v) is 10.4. The molecule has 0 saturated carbocycles. The van der Waals surface area contributed by atoms with Gasteiger partial charge in [0.2, 0.25) is 5.67 Å². The number of hydrogen-bond acceptors (Lipinski definition) is 2. The first-order valence-corrected chi connectivity index (χ1v) is 14.7. The first kappa shape index (κ1) is 33.1. The van der Waals surface area contributed by atoms with Gasteiger partial charge in [0.25, 0.3) is 0 Å². The molecule has 3 nitrogen and oxygen atoms in total. The molecule has 0 aromatic rings. The molecule has 0 aromatic carbocycles. The fraction of sp³-hybridized carbons (Fsp3) is 0.900. The number of aliphatic hydroxyl groups excluding tert-OH is 1. The number of aliphatic hydroxyl groups is 1. The molecule has 0 saturated heterocycles. The lowest BCUT2D eigenvalue weighted by Crippen LogP contribution is -2.33. The molecule has 0 radical (unpaired) electrons. The van der Waals surface area contributed by atoms with Gasteiger partial charge in [0.1, 0.15) is 0 Å². The summed E-state index contributed by atoms with van der Waals surface area (Å²) in [7, 11) is 0. The van der Waals surface area contributed by atoms with Gasteiger partial charge in [0.15, 0.2) is 0 Å². The maximum atomic E-state index is 14.9. The summed E-state index contributed by atoms with van der Waals surface area (Å²) < 4.78 is 14.9. The number of allylic oxidation sites excluding steroid dienone is 1. The summed E-state index contributed by atoms with van der Waals surface area (Å²) in [5.41, 5.74) is -2.05. The van der Waals surface area contributed by atoms with Crippen LogP contribution in [0.15, 0.2) is 12.2 Å². The summed E-state index contributed by atoms with van der Waals surface area (Å²) in [5.74, 6) is -1.28. The lowest BCUT2D eigenvalue weighted by Gasteiger charge is -2.20. The van der Waals surface area contributed by atoms with E-state index in [4.69, 9.17) is 0 Å². The summed E-state index contributed by atoms with van der Waals surface area (Å²) >= 11 is 0. The van der Waals surface area contributed by atoms with Gasteiger partial charge >= 0.3 is 5.97 Å². The van der Waals surface area contributed by atoms with Crippen LogP contribution in [0.1, 0.15) is 162 Å². The van der Waals surface area contributed by atoms with Gasteiger partial charge in [0, 0.05) is 0 Å². The Kier molecular flexibility index (Phi) is 23.2. The van der Waals surface area contributed by atoms with E-state index >= 15 is 0 Å². The molecule has 2 unspecified atom stereocenters. The zero-order chi connectivity index (χ0) is 25.3. The number of hydrogen-bond donors (Lipinski definition) is 2. The average Bonchev–Trinajstić information content (AvgIpc) is 2.82. The Bertz CT molecular complexity index is 480. The molecule has 202 valence electrons. The molecule has 0 rings (SSSR count). The van der Waals surface area contributed by atoms with E-state index in [-0.39, 0.29) is 18.9 Å². The molecule has 0 aromatic heterocycles. The third kappa shape index (κ3) is 20.5. The van der Waals surface area contributed by atoms with Crippen LogP contribution in [0.4, 0.5) is 4.39 Å². The lowest BCUT2D eigenvalue weighted by molar-refractivity contribution is -0.152. The van der Waals surface area contributed by atoms with Gasteiger partial charge in [-0.05, 0) is 51.4 Å². The zero-order valence-corrected chi connectivity index (χ0v) is 22.7. The van der Waals surface area contributed by atoms with Crippen molar-refractivity contribution in [1.29, 1.82) is 0 Å². The fourth-order valence-electron chi connectivity index (χ4n) is 4.55. The zero-order valence-electron chi connectivity index (χ0n) is 22.7. The van der Waals surface area contributed by atoms with Crippen LogP contribution in [-0.4, -0.2) is 28.0 Å². The second kappa shape index (κ2) is 23.8. The Morgan fingerprint density at radius 3 is 1.65 bits per heavy atom. The van der Waals surface area contributed by atoms with Crippen molar-refractivity contribution in [2.24, 2.45) is 0 Å². The molecule has 0 bridgehead atoms. The normalized spacial score (nSPS) is 14.5. The van der Waals surface area contributed by atoms with Crippen LogP contribution < -0.4 is 0 Å². The van der Waals surface area contributed by atoms with Gasteiger partial charge in [-0.3, -0.25) is 0 Å². The van der Waals surface area contributed by atoms with Crippen molar-refractivity contribution in [3.05, 3.63) is 12.2 Å². The molecule has 0 amide bonds. The summed E-state index contributed by atoms with van der Waals surface area (Å²) in [6, 6.07) is 0. The Balaban J connectivity index is 3.74. The topological polar surface area (TPSA) is 57.5 Å². The lowest BCUT2D eigenvalue weighted by atomic mass is 9.91. The Morgan fingerprint density at radius 1 is 0.706 bits per heavy atom. The summed E-state index contributed by atoms with van der Waals surface area (Å²) in [5, 5.41) is 19.4. The van der Waals surface area contributed by atoms with E-state index in [9.17, 15) is 19.4 Å². The molecule has 2 N–H and O–H groups in total. The molecular formula is C30H57FO3. The van der Waals surface area contributed by atoms with Crippen LogP contribution in [0.5, 0.6) is 0 Å². The minimum atomic E-state index is -2.05. The smallest absolute Gasteiger partial charge is 0.341 e. The largest absolute Gasteiger partial charge is 0.479 e. The number of carboxylic acid groups (broad SMARTS) is 1. The average molecular weight is 485 g/mol. The van der Waals surface area contributed by atoms with Crippen LogP contribution in [0.2, 0.25) is 0 Å². The number of carboxylic acids is 1. The van der Waals surface area contributed by atoms with E-state index in [1.807, 2.05) is 0 Å². The highest BCUT2D eigenvalue weighted by atomic mass is 19.1. The van der Waals surface area contributed by atoms with Crippen molar-refractivity contribution in [3.8, 4) is 0 Å². The number of unbranched alkanes of at least 4 members (excludes halogenated alkanes) is 16. The summed E-state index contributed by atoms with van der Waals surface area (Å²) in [6.07, 6.45) is 26.9. The van der Waals surface area contributed by atoms with Gasteiger partial charge in [-0.2, -0.15) is 0 Å². The highest BCUT2D eigenvalue weighted by Gasteiger charge is 2.37. The predicted molar refractivity (Wildman–Crippen MR) is 144 cm³/mol. The summed E-state index contributed by atoms with van der Waals surface area (Å²) in [4.78, 5) is 11.5. The van der Waals surface area contributed by atoms with Crippen LogP contribution in [0, 0.1) is 0 Å².